The Hall–Kier alpha value is -2.14. The third kappa shape index (κ3) is 5.20. The highest BCUT2D eigenvalue weighted by molar-refractivity contribution is 5.84. The first-order valence-electron chi connectivity index (χ1n) is 8.36. The standard InChI is InChI=1S/C19H26N2O3/c1-3-19(10-13-24-14-11-19)20-18(23)15-21(16(2)22)12-9-17-7-5-4-6-8-17/h3-8H,1,9-15H2,2H3,(H,20,23). The summed E-state index contributed by atoms with van der Waals surface area (Å²) in [5.74, 6) is -0.249. The molecule has 1 aromatic rings. The molecule has 1 heterocycles. The number of amides is 2. The molecule has 1 fully saturated rings. The first-order valence-corrected chi connectivity index (χ1v) is 8.36. The number of rotatable bonds is 7. The Kier molecular flexibility index (Phi) is 6.55. The fourth-order valence-electron chi connectivity index (χ4n) is 2.86. The van der Waals surface area contributed by atoms with E-state index in [0.717, 1.165) is 12.0 Å². The molecule has 0 aliphatic carbocycles. The lowest BCUT2D eigenvalue weighted by Crippen LogP contribution is -2.53. The monoisotopic (exact) mass is 330 g/mol. The Balaban J connectivity index is 1.90. The quantitative estimate of drug-likeness (QED) is 0.777. The molecule has 5 nitrogen and oxygen atoms in total. The van der Waals surface area contributed by atoms with Gasteiger partial charge in [-0.25, -0.2) is 0 Å². The average Bonchev–Trinajstić information content (AvgIpc) is 2.60. The van der Waals surface area contributed by atoms with Crippen LogP contribution in [0.3, 0.4) is 0 Å². The van der Waals surface area contributed by atoms with Gasteiger partial charge in [0.1, 0.15) is 0 Å². The molecule has 0 aromatic heterocycles. The fourth-order valence-corrected chi connectivity index (χ4v) is 2.86. The maximum absolute atomic E-state index is 12.4. The molecular formula is C19H26N2O3. The number of nitrogens with zero attached hydrogens (tertiary/aromatic N) is 1. The summed E-state index contributed by atoms with van der Waals surface area (Å²) in [5.41, 5.74) is 0.730. The highest BCUT2D eigenvalue weighted by Gasteiger charge is 2.31. The van der Waals surface area contributed by atoms with Gasteiger partial charge in [0.25, 0.3) is 0 Å². The fraction of sp³-hybridized carbons (Fsp3) is 0.474. The highest BCUT2D eigenvalue weighted by atomic mass is 16.5. The van der Waals surface area contributed by atoms with Crippen molar-refractivity contribution in [3.8, 4) is 0 Å². The minimum atomic E-state index is -0.419. The van der Waals surface area contributed by atoms with Crippen LogP contribution in [0.15, 0.2) is 43.0 Å². The Morgan fingerprint density at radius 2 is 1.96 bits per heavy atom. The van der Waals surface area contributed by atoms with Crippen molar-refractivity contribution in [2.24, 2.45) is 0 Å². The molecule has 1 aliphatic rings. The molecule has 5 heteroatoms. The minimum Gasteiger partial charge on any atom is -0.381 e. The first kappa shape index (κ1) is 18.2. The van der Waals surface area contributed by atoms with Crippen LogP contribution < -0.4 is 5.32 Å². The molecular weight excluding hydrogens is 304 g/mol. The topological polar surface area (TPSA) is 58.6 Å². The summed E-state index contributed by atoms with van der Waals surface area (Å²) in [6.07, 6.45) is 3.95. The predicted molar refractivity (Wildman–Crippen MR) is 93.5 cm³/mol. The summed E-state index contributed by atoms with van der Waals surface area (Å²) in [6, 6.07) is 9.95. The van der Waals surface area contributed by atoms with Crippen LogP contribution in [0, 0.1) is 0 Å². The van der Waals surface area contributed by atoms with Crippen LogP contribution in [0.5, 0.6) is 0 Å². The van der Waals surface area contributed by atoms with Crippen LogP contribution in [0.4, 0.5) is 0 Å². The molecule has 0 saturated carbocycles. The van der Waals surface area contributed by atoms with Crippen LogP contribution in [0.1, 0.15) is 25.3 Å². The molecule has 1 aliphatic heterocycles. The van der Waals surface area contributed by atoms with Crippen molar-refractivity contribution in [3.05, 3.63) is 48.6 Å². The summed E-state index contributed by atoms with van der Waals surface area (Å²) < 4.78 is 5.35. The zero-order valence-electron chi connectivity index (χ0n) is 14.3. The third-order valence-electron chi connectivity index (χ3n) is 4.46. The van der Waals surface area contributed by atoms with Crippen molar-refractivity contribution < 1.29 is 14.3 Å². The molecule has 0 unspecified atom stereocenters. The van der Waals surface area contributed by atoms with Gasteiger partial charge in [-0.05, 0) is 24.8 Å². The van der Waals surface area contributed by atoms with E-state index in [4.69, 9.17) is 4.74 Å². The Morgan fingerprint density at radius 1 is 1.29 bits per heavy atom. The van der Waals surface area contributed by atoms with Gasteiger partial charge in [-0.3, -0.25) is 9.59 Å². The molecule has 0 bridgehead atoms. The summed E-state index contributed by atoms with van der Waals surface area (Å²) in [5, 5.41) is 3.03. The van der Waals surface area contributed by atoms with Crippen LogP contribution in [0.25, 0.3) is 0 Å². The van der Waals surface area contributed by atoms with E-state index in [2.05, 4.69) is 11.9 Å². The largest absolute Gasteiger partial charge is 0.381 e. The maximum atomic E-state index is 12.4. The van der Waals surface area contributed by atoms with E-state index in [1.807, 2.05) is 30.3 Å². The van der Waals surface area contributed by atoms with Gasteiger partial charge in [0.15, 0.2) is 0 Å². The van der Waals surface area contributed by atoms with Crippen molar-refractivity contribution in [2.75, 3.05) is 26.3 Å². The Labute approximate surface area is 143 Å². The summed E-state index contributed by atoms with van der Waals surface area (Å²) in [4.78, 5) is 25.8. The van der Waals surface area contributed by atoms with Crippen molar-refractivity contribution in [3.63, 3.8) is 0 Å². The molecule has 0 radical (unpaired) electrons. The first-order chi connectivity index (χ1) is 11.5. The zero-order valence-corrected chi connectivity index (χ0v) is 14.3. The van der Waals surface area contributed by atoms with Crippen LogP contribution >= 0.6 is 0 Å². The SMILES string of the molecule is C=CC1(NC(=O)CN(CCc2ccccc2)C(C)=O)CCOCC1. The van der Waals surface area contributed by atoms with E-state index >= 15 is 0 Å². The number of nitrogens with one attached hydrogen (secondary N) is 1. The number of ether oxygens (including phenoxy) is 1. The summed E-state index contributed by atoms with van der Waals surface area (Å²) >= 11 is 0. The van der Waals surface area contributed by atoms with E-state index in [1.165, 1.54) is 6.92 Å². The molecule has 24 heavy (non-hydrogen) atoms. The predicted octanol–water partition coefficient (Wildman–Crippen LogP) is 1.93. The second kappa shape index (κ2) is 8.64. The Morgan fingerprint density at radius 3 is 2.54 bits per heavy atom. The summed E-state index contributed by atoms with van der Waals surface area (Å²) in [6.45, 7) is 7.15. The van der Waals surface area contributed by atoms with Gasteiger partial charge in [-0.1, -0.05) is 36.4 Å². The third-order valence-corrected chi connectivity index (χ3v) is 4.46. The number of carbonyl (C=O) groups is 2. The Bertz CT molecular complexity index is 565. The van der Waals surface area contributed by atoms with Gasteiger partial charge in [0.05, 0.1) is 12.1 Å². The van der Waals surface area contributed by atoms with Gasteiger partial charge in [-0.2, -0.15) is 0 Å². The maximum Gasteiger partial charge on any atom is 0.240 e. The smallest absolute Gasteiger partial charge is 0.240 e. The molecule has 1 saturated heterocycles. The molecule has 1 N–H and O–H groups in total. The second-order valence-electron chi connectivity index (χ2n) is 6.20. The van der Waals surface area contributed by atoms with Crippen LogP contribution in [-0.2, 0) is 20.7 Å². The van der Waals surface area contributed by atoms with E-state index in [0.29, 0.717) is 32.6 Å². The van der Waals surface area contributed by atoms with Crippen molar-refractivity contribution >= 4 is 11.8 Å². The molecule has 130 valence electrons. The summed E-state index contributed by atoms with van der Waals surface area (Å²) in [7, 11) is 0. The lowest BCUT2D eigenvalue weighted by Gasteiger charge is -2.36. The van der Waals surface area contributed by atoms with E-state index in [1.54, 1.807) is 11.0 Å². The van der Waals surface area contributed by atoms with Gasteiger partial charge >= 0.3 is 0 Å². The van der Waals surface area contributed by atoms with E-state index in [-0.39, 0.29) is 18.4 Å². The second-order valence-corrected chi connectivity index (χ2v) is 6.20. The highest BCUT2D eigenvalue weighted by Crippen LogP contribution is 2.21. The van der Waals surface area contributed by atoms with Crippen molar-refractivity contribution in [1.29, 1.82) is 0 Å². The van der Waals surface area contributed by atoms with E-state index in [9.17, 15) is 9.59 Å². The van der Waals surface area contributed by atoms with Gasteiger partial charge in [0, 0.05) is 26.7 Å². The minimum absolute atomic E-state index is 0.0681. The molecule has 1 aromatic carbocycles. The molecule has 0 spiro atoms. The van der Waals surface area contributed by atoms with Crippen LogP contribution in [0.2, 0.25) is 0 Å². The van der Waals surface area contributed by atoms with Crippen LogP contribution in [-0.4, -0.2) is 48.6 Å². The van der Waals surface area contributed by atoms with Crippen molar-refractivity contribution in [2.45, 2.75) is 31.7 Å². The lowest BCUT2D eigenvalue weighted by atomic mass is 9.90. The lowest BCUT2D eigenvalue weighted by molar-refractivity contribution is -0.135. The zero-order chi connectivity index (χ0) is 17.4. The number of carbonyl (C=O) groups excluding carboxylic acids is 2. The van der Waals surface area contributed by atoms with Gasteiger partial charge in [-0.15, -0.1) is 6.58 Å². The molecule has 0 atom stereocenters. The normalized spacial score (nSPS) is 16.2. The van der Waals surface area contributed by atoms with E-state index < -0.39 is 5.54 Å². The average molecular weight is 330 g/mol. The number of hydrogen-bond donors (Lipinski definition) is 1. The number of hydrogen-bond acceptors (Lipinski definition) is 3. The number of benzene rings is 1. The molecule has 2 amide bonds. The van der Waals surface area contributed by atoms with Gasteiger partial charge < -0.3 is 15.0 Å². The van der Waals surface area contributed by atoms with Crippen molar-refractivity contribution in [1.82, 2.24) is 10.2 Å². The van der Waals surface area contributed by atoms with Gasteiger partial charge in [0.2, 0.25) is 11.8 Å². The molecule has 2 rings (SSSR count).